The Bertz CT molecular complexity index is 972. The van der Waals surface area contributed by atoms with Gasteiger partial charge in [-0.15, -0.1) is 0 Å². The van der Waals surface area contributed by atoms with E-state index in [-0.39, 0.29) is 5.91 Å². The molecule has 1 fully saturated rings. The van der Waals surface area contributed by atoms with E-state index in [1.54, 1.807) is 13.3 Å². The van der Waals surface area contributed by atoms with Crippen LogP contribution in [-0.4, -0.2) is 54.0 Å². The lowest BCUT2D eigenvalue weighted by atomic mass is 10.1. The number of nitrogens with zero attached hydrogens (tertiary/aromatic N) is 3. The number of aromatic nitrogens is 1. The van der Waals surface area contributed by atoms with Gasteiger partial charge in [0.05, 0.1) is 19.9 Å². The highest BCUT2D eigenvalue weighted by Gasteiger charge is 2.23. The molecule has 1 aliphatic heterocycles. The summed E-state index contributed by atoms with van der Waals surface area (Å²) in [7, 11) is 1.65. The van der Waals surface area contributed by atoms with Gasteiger partial charge in [0.2, 0.25) is 5.89 Å². The predicted molar refractivity (Wildman–Crippen MR) is 115 cm³/mol. The summed E-state index contributed by atoms with van der Waals surface area (Å²) >= 11 is 0. The number of aryl methyl sites for hydroxylation is 1. The van der Waals surface area contributed by atoms with E-state index in [4.69, 9.17) is 9.15 Å². The highest BCUT2D eigenvalue weighted by Crippen LogP contribution is 2.23. The van der Waals surface area contributed by atoms with Gasteiger partial charge in [-0.2, -0.15) is 0 Å². The van der Waals surface area contributed by atoms with E-state index in [1.807, 2.05) is 53.4 Å². The van der Waals surface area contributed by atoms with Gasteiger partial charge in [-0.1, -0.05) is 19.1 Å². The van der Waals surface area contributed by atoms with Crippen LogP contribution in [0.3, 0.4) is 0 Å². The lowest BCUT2D eigenvalue weighted by Gasteiger charge is -2.34. The largest absolute Gasteiger partial charge is 0.497 e. The third-order valence-electron chi connectivity index (χ3n) is 5.56. The maximum atomic E-state index is 12.7. The molecule has 2 aromatic carbocycles. The smallest absolute Gasteiger partial charge is 0.253 e. The third-order valence-corrected chi connectivity index (χ3v) is 5.56. The van der Waals surface area contributed by atoms with Crippen LogP contribution in [-0.2, 0) is 13.0 Å². The summed E-state index contributed by atoms with van der Waals surface area (Å²) in [6, 6.07) is 15.7. The van der Waals surface area contributed by atoms with Crippen molar-refractivity contribution in [1.82, 2.24) is 14.8 Å². The fraction of sp³-hybridized carbons (Fsp3) is 0.333. The molecule has 0 spiro atoms. The van der Waals surface area contributed by atoms with Crippen LogP contribution in [0.5, 0.6) is 5.75 Å². The number of hydrogen-bond acceptors (Lipinski definition) is 5. The van der Waals surface area contributed by atoms with E-state index in [2.05, 4.69) is 16.8 Å². The first-order valence-corrected chi connectivity index (χ1v) is 10.4. The molecular weight excluding hydrogens is 378 g/mol. The van der Waals surface area contributed by atoms with E-state index in [9.17, 15) is 4.79 Å². The second-order valence-electron chi connectivity index (χ2n) is 7.47. The van der Waals surface area contributed by atoms with Crippen molar-refractivity contribution in [2.24, 2.45) is 0 Å². The first kappa shape index (κ1) is 20.2. The second kappa shape index (κ2) is 9.13. The molecule has 156 valence electrons. The molecule has 3 aromatic rings. The van der Waals surface area contributed by atoms with Crippen LogP contribution in [0.2, 0.25) is 0 Å². The van der Waals surface area contributed by atoms with Gasteiger partial charge in [0.25, 0.3) is 5.91 Å². The summed E-state index contributed by atoms with van der Waals surface area (Å²) in [5.74, 6) is 2.36. The molecule has 2 heterocycles. The van der Waals surface area contributed by atoms with Gasteiger partial charge in [-0.3, -0.25) is 9.69 Å². The number of carbonyl (C=O) groups excluding carboxylic acids is 1. The summed E-state index contributed by atoms with van der Waals surface area (Å²) in [4.78, 5) is 21.4. The van der Waals surface area contributed by atoms with Crippen molar-refractivity contribution in [3.8, 4) is 17.1 Å². The Hall–Kier alpha value is -3.12. The zero-order valence-electron chi connectivity index (χ0n) is 17.5. The average Bonchev–Trinajstić information content (AvgIpc) is 3.27. The van der Waals surface area contributed by atoms with Gasteiger partial charge in [0.15, 0.2) is 5.76 Å². The Kier molecular flexibility index (Phi) is 6.14. The molecule has 1 aliphatic rings. The normalized spacial score (nSPS) is 14.7. The number of oxazole rings is 1. The minimum Gasteiger partial charge on any atom is -0.497 e. The lowest BCUT2D eigenvalue weighted by Crippen LogP contribution is -2.48. The number of methoxy groups -OCH3 is 1. The zero-order chi connectivity index (χ0) is 20.9. The molecule has 6 nitrogen and oxygen atoms in total. The standard InChI is InChI=1S/C24H27N3O3/c1-3-18-4-6-20(7-5-18)24(28)27-14-12-26(13-15-27)17-23-25-16-22(30-23)19-8-10-21(29-2)11-9-19/h4-11,16H,3,12-15,17H2,1-2H3. The highest BCUT2D eigenvalue weighted by atomic mass is 16.5. The summed E-state index contributed by atoms with van der Waals surface area (Å²) in [6.07, 6.45) is 2.74. The number of benzene rings is 2. The number of rotatable bonds is 6. The molecule has 6 heteroatoms. The molecule has 1 amide bonds. The van der Waals surface area contributed by atoms with Gasteiger partial charge in [0, 0.05) is 37.3 Å². The van der Waals surface area contributed by atoms with Crippen LogP contribution in [0.4, 0.5) is 0 Å². The molecule has 1 aromatic heterocycles. The number of amides is 1. The summed E-state index contributed by atoms with van der Waals surface area (Å²) in [6.45, 7) is 5.78. The number of carbonyl (C=O) groups is 1. The fourth-order valence-electron chi connectivity index (χ4n) is 3.64. The van der Waals surface area contributed by atoms with Crippen LogP contribution in [0.1, 0.15) is 28.7 Å². The van der Waals surface area contributed by atoms with Gasteiger partial charge in [-0.25, -0.2) is 4.98 Å². The van der Waals surface area contributed by atoms with Crippen LogP contribution in [0.25, 0.3) is 11.3 Å². The van der Waals surface area contributed by atoms with Crippen LogP contribution < -0.4 is 4.74 Å². The maximum absolute atomic E-state index is 12.7. The van der Waals surface area contributed by atoms with Crippen molar-refractivity contribution in [3.63, 3.8) is 0 Å². The van der Waals surface area contributed by atoms with Crippen molar-refractivity contribution in [2.75, 3.05) is 33.3 Å². The van der Waals surface area contributed by atoms with Gasteiger partial charge < -0.3 is 14.1 Å². The first-order valence-electron chi connectivity index (χ1n) is 10.4. The third kappa shape index (κ3) is 4.54. The monoisotopic (exact) mass is 405 g/mol. The summed E-state index contributed by atoms with van der Waals surface area (Å²) in [5.41, 5.74) is 2.98. The molecular formula is C24H27N3O3. The average molecular weight is 405 g/mol. The van der Waals surface area contributed by atoms with Crippen molar-refractivity contribution < 1.29 is 13.9 Å². The van der Waals surface area contributed by atoms with E-state index in [1.165, 1.54) is 5.56 Å². The van der Waals surface area contributed by atoms with Crippen molar-refractivity contribution in [1.29, 1.82) is 0 Å². The van der Waals surface area contributed by atoms with E-state index >= 15 is 0 Å². The summed E-state index contributed by atoms with van der Waals surface area (Å²) < 4.78 is 11.1. The van der Waals surface area contributed by atoms with Crippen molar-refractivity contribution in [3.05, 3.63) is 71.7 Å². The van der Waals surface area contributed by atoms with Gasteiger partial charge in [-0.05, 0) is 48.4 Å². The lowest BCUT2D eigenvalue weighted by molar-refractivity contribution is 0.0618. The van der Waals surface area contributed by atoms with E-state index in [0.717, 1.165) is 42.1 Å². The number of piperazine rings is 1. The number of hydrogen-bond donors (Lipinski definition) is 0. The van der Waals surface area contributed by atoms with Crippen LogP contribution in [0.15, 0.2) is 59.1 Å². The quantitative estimate of drug-likeness (QED) is 0.623. The Labute approximate surface area is 177 Å². The SMILES string of the molecule is CCc1ccc(C(=O)N2CCN(Cc3ncc(-c4ccc(OC)cc4)o3)CC2)cc1. The molecule has 1 saturated heterocycles. The molecule has 0 radical (unpaired) electrons. The Morgan fingerprint density at radius 2 is 1.73 bits per heavy atom. The molecule has 0 bridgehead atoms. The zero-order valence-corrected chi connectivity index (χ0v) is 17.5. The Balaban J connectivity index is 1.31. The van der Waals surface area contributed by atoms with Crippen LogP contribution in [0, 0.1) is 0 Å². The van der Waals surface area contributed by atoms with Gasteiger partial charge >= 0.3 is 0 Å². The van der Waals surface area contributed by atoms with Crippen LogP contribution >= 0.6 is 0 Å². The molecule has 0 saturated carbocycles. The molecule has 0 unspecified atom stereocenters. The Morgan fingerprint density at radius 3 is 2.37 bits per heavy atom. The maximum Gasteiger partial charge on any atom is 0.253 e. The van der Waals surface area contributed by atoms with Gasteiger partial charge in [0.1, 0.15) is 5.75 Å². The second-order valence-corrected chi connectivity index (χ2v) is 7.47. The topological polar surface area (TPSA) is 58.8 Å². The molecule has 0 aliphatic carbocycles. The summed E-state index contributed by atoms with van der Waals surface area (Å²) in [5, 5.41) is 0. The van der Waals surface area contributed by atoms with E-state index in [0.29, 0.717) is 25.5 Å². The highest BCUT2D eigenvalue weighted by molar-refractivity contribution is 5.94. The predicted octanol–water partition coefficient (Wildman–Crippen LogP) is 3.87. The number of ether oxygens (including phenoxy) is 1. The molecule has 0 N–H and O–H groups in total. The minimum absolute atomic E-state index is 0.107. The fourth-order valence-corrected chi connectivity index (χ4v) is 3.64. The first-order chi connectivity index (χ1) is 14.7. The molecule has 30 heavy (non-hydrogen) atoms. The van der Waals surface area contributed by atoms with E-state index < -0.39 is 0 Å². The minimum atomic E-state index is 0.107. The van der Waals surface area contributed by atoms with Crippen molar-refractivity contribution >= 4 is 5.91 Å². The Morgan fingerprint density at radius 1 is 1.03 bits per heavy atom. The van der Waals surface area contributed by atoms with Crippen molar-refractivity contribution in [2.45, 2.75) is 19.9 Å². The molecule has 0 atom stereocenters. The molecule has 4 rings (SSSR count).